The fraction of sp³-hybridized carbons (Fsp3) is 0.261. The monoisotopic (exact) mass is 444 g/mol. The summed E-state index contributed by atoms with van der Waals surface area (Å²) in [6, 6.07) is 9.60. The standard InChI is InChI=1S/C23H24N8O2/c1-3-15-6-4-7-18(26-15)23-22(19-8-5-13-31(19)28-23)16-9-11-20(25-14-24)27-17(16)10-12-21(32)30(2)29-33/h4,6-7,9-12,14H,3,5,8,13H2,1-2H3,(H2,24,25,27)/b12-10+. The molecule has 0 fully saturated rings. The zero-order chi connectivity index (χ0) is 23.4. The molecule has 10 nitrogen and oxygen atoms in total. The zero-order valence-corrected chi connectivity index (χ0v) is 18.4. The van der Waals surface area contributed by atoms with E-state index in [9.17, 15) is 9.70 Å². The molecule has 3 aromatic rings. The van der Waals surface area contributed by atoms with Gasteiger partial charge < -0.3 is 4.98 Å². The summed E-state index contributed by atoms with van der Waals surface area (Å²) < 4.78 is 2.02. The molecule has 4 heterocycles. The second-order valence-corrected chi connectivity index (χ2v) is 7.57. The van der Waals surface area contributed by atoms with E-state index >= 15 is 0 Å². The van der Waals surface area contributed by atoms with Crippen molar-refractivity contribution < 1.29 is 4.79 Å². The van der Waals surface area contributed by atoms with Crippen LogP contribution in [0.2, 0.25) is 0 Å². The zero-order valence-electron chi connectivity index (χ0n) is 18.4. The van der Waals surface area contributed by atoms with Crippen LogP contribution in [0.5, 0.6) is 0 Å². The fourth-order valence-corrected chi connectivity index (χ4v) is 3.90. The van der Waals surface area contributed by atoms with E-state index < -0.39 is 5.91 Å². The molecule has 0 radical (unpaired) electrons. The van der Waals surface area contributed by atoms with Crippen molar-refractivity contribution in [2.45, 2.75) is 32.7 Å². The Balaban J connectivity index is 1.92. The van der Waals surface area contributed by atoms with Gasteiger partial charge in [0.1, 0.15) is 17.5 Å². The molecule has 1 amide bonds. The number of H-pyrrole nitrogens is 1. The van der Waals surface area contributed by atoms with Gasteiger partial charge in [0, 0.05) is 47.9 Å². The maximum atomic E-state index is 12.1. The van der Waals surface area contributed by atoms with E-state index in [-0.39, 0.29) is 0 Å². The number of hydrogen-bond acceptors (Lipinski definition) is 6. The number of fused-ring (bicyclic) bond motifs is 1. The lowest BCUT2D eigenvalue weighted by Gasteiger charge is -2.10. The quantitative estimate of drug-likeness (QED) is 0.190. The van der Waals surface area contributed by atoms with Crippen LogP contribution in [-0.4, -0.2) is 44.1 Å². The molecule has 0 saturated heterocycles. The molecule has 0 aliphatic carbocycles. The molecule has 0 spiro atoms. The lowest BCUT2D eigenvalue weighted by atomic mass is 9.98. The van der Waals surface area contributed by atoms with E-state index in [2.05, 4.69) is 22.2 Å². The maximum absolute atomic E-state index is 12.1. The summed E-state index contributed by atoms with van der Waals surface area (Å²) in [5, 5.41) is 15.5. The summed E-state index contributed by atoms with van der Waals surface area (Å²) in [6.45, 7) is 2.89. The van der Waals surface area contributed by atoms with Crippen LogP contribution in [0.1, 0.15) is 30.4 Å². The Labute approximate surface area is 190 Å². The van der Waals surface area contributed by atoms with Gasteiger partial charge in [-0.3, -0.25) is 19.9 Å². The third-order valence-electron chi connectivity index (χ3n) is 5.52. The molecule has 1 aliphatic heterocycles. The predicted octanol–water partition coefficient (Wildman–Crippen LogP) is 3.11. The fourth-order valence-electron chi connectivity index (χ4n) is 3.90. The van der Waals surface area contributed by atoms with Gasteiger partial charge in [0.15, 0.2) is 0 Å². The number of aromatic nitrogens is 4. The Morgan fingerprint density at radius 1 is 1.33 bits per heavy atom. The van der Waals surface area contributed by atoms with Gasteiger partial charge in [-0.05, 0) is 49.6 Å². The molecule has 0 unspecified atom stereocenters. The van der Waals surface area contributed by atoms with Crippen molar-refractivity contribution in [2.75, 3.05) is 7.05 Å². The molecular formula is C23H24N8O2. The molecule has 2 N–H and O–H groups in total. The second-order valence-electron chi connectivity index (χ2n) is 7.57. The van der Waals surface area contributed by atoms with Crippen LogP contribution in [0.3, 0.4) is 0 Å². The molecule has 33 heavy (non-hydrogen) atoms. The van der Waals surface area contributed by atoms with Gasteiger partial charge in [-0.2, -0.15) is 10.1 Å². The highest BCUT2D eigenvalue weighted by atomic mass is 16.3. The molecule has 1 aliphatic rings. The van der Waals surface area contributed by atoms with Gasteiger partial charge >= 0.3 is 0 Å². The minimum Gasteiger partial charge on any atom is -0.340 e. The number of amides is 1. The van der Waals surface area contributed by atoms with Crippen molar-refractivity contribution >= 4 is 18.3 Å². The van der Waals surface area contributed by atoms with Crippen LogP contribution >= 0.6 is 0 Å². The normalized spacial score (nSPS) is 13.3. The molecule has 3 aromatic heterocycles. The summed E-state index contributed by atoms with van der Waals surface area (Å²) in [5.74, 6) is -0.559. The van der Waals surface area contributed by atoms with Gasteiger partial charge in [-0.25, -0.2) is 4.99 Å². The molecule has 0 atom stereocenters. The minimum atomic E-state index is -0.559. The SMILES string of the molecule is CCc1cccc(-c2nn3c(c2-c2cc/c(=N/C=N)[nH]c2/C=C/C(=O)N(C)N=O)CCC3)n1. The first-order valence-electron chi connectivity index (χ1n) is 10.7. The molecular weight excluding hydrogens is 420 g/mol. The van der Waals surface area contributed by atoms with E-state index in [4.69, 9.17) is 15.5 Å². The van der Waals surface area contributed by atoms with E-state index in [1.165, 1.54) is 13.1 Å². The smallest absolute Gasteiger partial charge is 0.269 e. The van der Waals surface area contributed by atoms with Crippen molar-refractivity contribution in [1.82, 2.24) is 24.8 Å². The topological polar surface area (TPSA) is 132 Å². The summed E-state index contributed by atoms with van der Waals surface area (Å²) >= 11 is 0. The number of rotatable bonds is 7. The van der Waals surface area contributed by atoms with E-state index in [1.54, 1.807) is 12.1 Å². The summed E-state index contributed by atoms with van der Waals surface area (Å²) in [5.41, 5.74) is 6.47. The molecule has 0 aromatic carbocycles. The first kappa shape index (κ1) is 22.0. The average molecular weight is 444 g/mol. The van der Waals surface area contributed by atoms with Crippen molar-refractivity contribution in [1.29, 1.82) is 5.41 Å². The van der Waals surface area contributed by atoms with Crippen LogP contribution in [-0.2, 0) is 24.2 Å². The Morgan fingerprint density at radius 3 is 2.94 bits per heavy atom. The number of likely N-dealkylation sites (N-methyl/N-ethyl adjacent to an activating group) is 1. The number of aromatic amines is 1. The Hall–Kier alpha value is -4.21. The van der Waals surface area contributed by atoms with Crippen LogP contribution in [0.15, 0.2) is 46.7 Å². The van der Waals surface area contributed by atoms with Crippen molar-refractivity contribution in [3.63, 3.8) is 0 Å². The number of aryl methyl sites for hydroxylation is 2. The third-order valence-corrected chi connectivity index (χ3v) is 5.52. The number of carbonyl (C=O) groups excluding carboxylic acids is 1. The van der Waals surface area contributed by atoms with Crippen LogP contribution in [0.4, 0.5) is 0 Å². The highest BCUT2D eigenvalue weighted by Crippen LogP contribution is 2.38. The van der Waals surface area contributed by atoms with E-state index in [1.807, 2.05) is 28.9 Å². The summed E-state index contributed by atoms with van der Waals surface area (Å²) in [6.07, 6.45) is 6.49. The number of nitroso groups, excluding NO2 is 1. The Morgan fingerprint density at radius 2 is 2.18 bits per heavy atom. The number of hydrogen-bond donors (Lipinski definition) is 2. The predicted molar refractivity (Wildman–Crippen MR) is 125 cm³/mol. The van der Waals surface area contributed by atoms with Gasteiger partial charge in [-0.15, -0.1) is 4.91 Å². The average Bonchev–Trinajstić information content (AvgIpc) is 3.44. The van der Waals surface area contributed by atoms with Gasteiger partial charge in [0.2, 0.25) is 0 Å². The molecule has 10 heteroatoms. The maximum Gasteiger partial charge on any atom is 0.269 e. The number of nitrogens with zero attached hydrogens (tertiary/aromatic N) is 6. The first-order valence-corrected chi connectivity index (χ1v) is 10.7. The van der Waals surface area contributed by atoms with Crippen molar-refractivity contribution in [3.8, 4) is 22.5 Å². The largest absolute Gasteiger partial charge is 0.340 e. The highest BCUT2D eigenvalue weighted by Gasteiger charge is 2.26. The summed E-state index contributed by atoms with van der Waals surface area (Å²) in [7, 11) is 1.29. The lowest BCUT2D eigenvalue weighted by Crippen LogP contribution is -2.17. The molecule has 4 rings (SSSR count). The number of pyridine rings is 2. The highest BCUT2D eigenvalue weighted by molar-refractivity contribution is 5.93. The lowest BCUT2D eigenvalue weighted by molar-refractivity contribution is -0.124. The van der Waals surface area contributed by atoms with E-state index in [0.717, 1.165) is 66.0 Å². The second kappa shape index (κ2) is 9.51. The minimum absolute atomic E-state index is 0.458. The van der Waals surface area contributed by atoms with Crippen LogP contribution in [0.25, 0.3) is 28.6 Å². The Bertz CT molecular complexity index is 1320. The first-order chi connectivity index (χ1) is 16.0. The van der Waals surface area contributed by atoms with Crippen molar-refractivity contribution in [3.05, 3.63) is 63.9 Å². The van der Waals surface area contributed by atoms with Gasteiger partial charge in [0.25, 0.3) is 5.91 Å². The van der Waals surface area contributed by atoms with Gasteiger partial charge in [-0.1, -0.05) is 13.0 Å². The molecule has 168 valence electrons. The van der Waals surface area contributed by atoms with Gasteiger partial charge in [0.05, 0.1) is 11.0 Å². The number of carbonyl (C=O) groups is 1. The molecule has 0 saturated carbocycles. The van der Waals surface area contributed by atoms with Crippen LogP contribution < -0.4 is 5.49 Å². The molecule has 0 bridgehead atoms. The van der Waals surface area contributed by atoms with E-state index in [0.29, 0.717) is 16.2 Å². The summed E-state index contributed by atoms with van der Waals surface area (Å²) in [4.78, 5) is 34.8. The van der Waals surface area contributed by atoms with Crippen molar-refractivity contribution in [2.24, 2.45) is 10.3 Å². The number of nitrogens with one attached hydrogen (secondary N) is 2. The third kappa shape index (κ3) is 4.40. The van der Waals surface area contributed by atoms with Crippen LogP contribution in [0, 0.1) is 10.3 Å². The Kier molecular flexibility index (Phi) is 6.34.